The van der Waals surface area contributed by atoms with Crippen molar-refractivity contribution >= 4 is 11.9 Å². The van der Waals surface area contributed by atoms with Crippen molar-refractivity contribution in [1.29, 1.82) is 0 Å². The van der Waals surface area contributed by atoms with Crippen molar-refractivity contribution < 1.29 is 23.8 Å². The van der Waals surface area contributed by atoms with E-state index in [2.05, 4.69) is 13.8 Å². The summed E-state index contributed by atoms with van der Waals surface area (Å²) in [5, 5.41) is 0. The molecule has 166 valence electrons. The number of hydrogen-bond acceptors (Lipinski definition) is 5. The first kappa shape index (κ1) is 23.0. The summed E-state index contributed by atoms with van der Waals surface area (Å²) in [6.07, 6.45) is 4.65. The van der Waals surface area contributed by atoms with Crippen molar-refractivity contribution in [2.45, 2.75) is 52.1 Å². The van der Waals surface area contributed by atoms with Gasteiger partial charge in [0.2, 0.25) is 0 Å². The van der Waals surface area contributed by atoms with Crippen LogP contribution in [0.25, 0.3) is 11.1 Å². The fourth-order valence-corrected chi connectivity index (χ4v) is 3.67. The molecule has 0 heterocycles. The van der Waals surface area contributed by atoms with E-state index < -0.39 is 0 Å². The van der Waals surface area contributed by atoms with E-state index in [4.69, 9.17) is 14.2 Å². The Morgan fingerprint density at radius 2 is 1.52 bits per heavy atom. The number of hydrogen-bond donors (Lipinski definition) is 0. The molecule has 0 radical (unpaired) electrons. The van der Waals surface area contributed by atoms with Crippen LogP contribution in [0.2, 0.25) is 0 Å². The highest BCUT2D eigenvalue weighted by Crippen LogP contribution is 2.28. The average molecular weight is 425 g/mol. The van der Waals surface area contributed by atoms with Crippen LogP contribution < -0.4 is 4.74 Å². The van der Waals surface area contributed by atoms with Crippen molar-refractivity contribution in [2.24, 2.45) is 11.8 Å². The van der Waals surface area contributed by atoms with E-state index >= 15 is 0 Å². The van der Waals surface area contributed by atoms with Gasteiger partial charge in [0.25, 0.3) is 0 Å². The lowest BCUT2D eigenvalue weighted by molar-refractivity contribution is -0.140. The zero-order valence-electron chi connectivity index (χ0n) is 18.6. The minimum Gasteiger partial charge on any atom is -0.462 e. The van der Waals surface area contributed by atoms with Crippen LogP contribution in [0.1, 0.15) is 56.3 Å². The van der Waals surface area contributed by atoms with Gasteiger partial charge >= 0.3 is 11.9 Å². The molecule has 2 aromatic rings. The molecule has 0 N–H and O–H groups in total. The smallest absolute Gasteiger partial charge is 0.338 e. The molecule has 5 nitrogen and oxygen atoms in total. The Morgan fingerprint density at radius 1 is 0.935 bits per heavy atom. The monoisotopic (exact) mass is 424 g/mol. The third kappa shape index (κ3) is 6.41. The van der Waals surface area contributed by atoms with Gasteiger partial charge in [0.1, 0.15) is 5.75 Å². The summed E-state index contributed by atoms with van der Waals surface area (Å²) in [7, 11) is 1.72. The second-order valence-electron chi connectivity index (χ2n) is 8.34. The summed E-state index contributed by atoms with van der Waals surface area (Å²) in [6, 6.07) is 14.8. The normalized spacial score (nSPS) is 19.5. The Hall–Kier alpha value is -2.66. The number of esters is 2. The van der Waals surface area contributed by atoms with Gasteiger partial charge in [-0.3, -0.25) is 4.79 Å². The summed E-state index contributed by atoms with van der Waals surface area (Å²) >= 11 is 0. The molecule has 5 heteroatoms. The molecule has 0 spiro atoms. The molecule has 1 atom stereocenters. The molecule has 0 aliphatic heterocycles. The number of carbonyl (C=O) groups is 2. The van der Waals surface area contributed by atoms with Gasteiger partial charge in [0.15, 0.2) is 0 Å². The van der Waals surface area contributed by atoms with Crippen LogP contribution in [-0.2, 0) is 14.3 Å². The van der Waals surface area contributed by atoms with E-state index in [1.165, 1.54) is 0 Å². The van der Waals surface area contributed by atoms with Gasteiger partial charge < -0.3 is 14.2 Å². The second-order valence-corrected chi connectivity index (χ2v) is 8.34. The summed E-state index contributed by atoms with van der Waals surface area (Å²) in [6.45, 7) is 4.57. The Morgan fingerprint density at radius 3 is 2.06 bits per heavy atom. The molecule has 0 amide bonds. The molecule has 31 heavy (non-hydrogen) atoms. The molecule has 1 aliphatic rings. The van der Waals surface area contributed by atoms with E-state index in [0.29, 0.717) is 23.8 Å². The van der Waals surface area contributed by atoms with Crippen molar-refractivity contribution in [3.63, 3.8) is 0 Å². The minimum atomic E-state index is -0.298. The molecule has 0 saturated heterocycles. The summed E-state index contributed by atoms with van der Waals surface area (Å²) < 4.78 is 16.3. The van der Waals surface area contributed by atoms with E-state index in [1.54, 1.807) is 19.2 Å². The van der Waals surface area contributed by atoms with Gasteiger partial charge in [-0.25, -0.2) is 4.79 Å². The first-order valence-corrected chi connectivity index (χ1v) is 11.1. The first-order valence-electron chi connectivity index (χ1n) is 11.1. The minimum absolute atomic E-state index is 0.0568. The second kappa shape index (κ2) is 11.1. The summed E-state index contributed by atoms with van der Waals surface area (Å²) in [5.41, 5.74) is 2.51. The van der Waals surface area contributed by atoms with Crippen molar-refractivity contribution in [3.05, 3.63) is 54.1 Å². The maximum atomic E-state index is 12.4. The van der Waals surface area contributed by atoms with Crippen LogP contribution in [-0.4, -0.2) is 31.8 Å². The van der Waals surface area contributed by atoms with Crippen LogP contribution in [0.5, 0.6) is 5.75 Å². The molecule has 1 aliphatic carbocycles. The molecular formula is C26H32O5. The van der Waals surface area contributed by atoms with Crippen molar-refractivity contribution in [2.75, 3.05) is 13.7 Å². The molecule has 1 fully saturated rings. The Bertz CT molecular complexity index is 848. The lowest BCUT2D eigenvalue weighted by atomic mass is 9.87. The molecule has 3 rings (SSSR count). The molecule has 0 bridgehead atoms. The molecule has 0 aromatic heterocycles. The molecular weight excluding hydrogens is 392 g/mol. The van der Waals surface area contributed by atoms with Crippen LogP contribution in [0.4, 0.5) is 0 Å². The molecule has 1 saturated carbocycles. The number of ether oxygens (including phenoxy) is 3. The number of carbonyl (C=O) groups excluding carboxylic acids is 2. The third-order valence-corrected chi connectivity index (χ3v) is 6.06. The SMILES string of the molecule is CC[C@H](C)COC(=O)c1ccc(-c2ccc(OC(=O)C3CCC(OC)CC3)cc2)cc1. The zero-order chi connectivity index (χ0) is 22.2. The first-order chi connectivity index (χ1) is 15.0. The van der Waals surface area contributed by atoms with Gasteiger partial charge in [-0.1, -0.05) is 44.5 Å². The fraction of sp³-hybridized carbons (Fsp3) is 0.462. The summed E-state index contributed by atoms with van der Waals surface area (Å²) in [4.78, 5) is 24.6. The highest BCUT2D eigenvalue weighted by molar-refractivity contribution is 5.90. The Labute approximate surface area is 184 Å². The molecule has 0 unspecified atom stereocenters. The predicted octanol–water partition coefficient (Wildman–Crippen LogP) is 5.67. The number of benzene rings is 2. The van der Waals surface area contributed by atoms with E-state index in [-0.39, 0.29) is 24.0 Å². The quantitative estimate of drug-likeness (QED) is 0.404. The fourth-order valence-electron chi connectivity index (χ4n) is 3.67. The maximum Gasteiger partial charge on any atom is 0.338 e. The van der Waals surface area contributed by atoms with Crippen molar-refractivity contribution in [1.82, 2.24) is 0 Å². The van der Waals surface area contributed by atoms with Crippen LogP contribution in [0.3, 0.4) is 0 Å². The van der Waals surface area contributed by atoms with Gasteiger partial charge in [-0.2, -0.15) is 0 Å². The Balaban J connectivity index is 1.55. The highest BCUT2D eigenvalue weighted by Gasteiger charge is 2.27. The van der Waals surface area contributed by atoms with E-state index in [1.807, 2.05) is 36.4 Å². The van der Waals surface area contributed by atoms with Crippen LogP contribution in [0, 0.1) is 11.8 Å². The van der Waals surface area contributed by atoms with Gasteiger partial charge in [0.05, 0.1) is 24.2 Å². The zero-order valence-corrected chi connectivity index (χ0v) is 18.6. The highest BCUT2D eigenvalue weighted by atomic mass is 16.5. The maximum absolute atomic E-state index is 12.4. The lowest BCUT2D eigenvalue weighted by Crippen LogP contribution is -2.28. The largest absolute Gasteiger partial charge is 0.462 e. The number of rotatable bonds is 8. The predicted molar refractivity (Wildman–Crippen MR) is 120 cm³/mol. The van der Waals surface area contributed by atoms with Crippen LogP contribution in [0.15, 0.2) is 48.5 Å². The summed E-state index contributed by atoms with van der Waals surface area (Å²) in [5.74, 6) is 0.388. The number of methoxy groups -OCH3 is 1. The third-order valence-electron chi connectivity index (χ3n) is 6.06. The van der Waals surface area contributed by atoms with E-state index in [0.717, 1.165) is 43.2 Å². The van der Waals surface area contributed by atoms with Gasteiger partial charge in [-0.05, 0) is 67.0 Å². The van der Waals surface area contributed by atoms with Gasteiger partial charge in [-0.15, -0.1) is 0 Å². The average Bonchev–Trinajstić information content (AvgIpc) is 2.83. The lowest BCUT2D eigenvalue weighted by Gasteiger charge is -2.26. The van der Waals surface area contributed by atoms with Gasteiger partial charge in [0, 0.05) is 7.11 Å². The van der Waals surface area contributed by atoms with Crippen molar-refractivity contribution in [3.8, 4) is 16.9 Å². The molecule has 2 aromatic carbocycles. The van der Waals surface area contributed by atoms with Crippen LogP contribution >= 0.6 is 0 Å². The topological polar surface area (TPSA) is 61.8 Å². The Kier molecular flexibility index (Phi) is 8.24. The van der Waals surface area contributed by atoms with E-state index in [9.17, 15) is 9.59 Å². The standard InChI is InChI=1S/C26H32O5/c1-4-18(2)17-30-25(27)21-7-5-19(6-8-21)20-9-15-24(16-10-20)31-26(28)22-11-13-23(29-3)14-12-22/h5-10,15-16,18,22-23H,4,11-14,17H2,1-3H3/t18-,22?,23?/m0/s1.